The Balaban J connectivity index is 1.33. The van der Waals surface area contributed by atoms with E-state index in [1.807, 2.05) is 0 Å². The van der Waals surface area contributed by atoms with Gasteiger partial charge in [-0.1, -0.05) is 35.5 Å². The van der Waals surface area contributed by atoms with Crippen molar-refractivity contribution < 1.29 is 38.0 Å². The number of aryl methyl sites for hydroxylation is 1. The molecule has 2 aromatic carbocycles. The van der Waals surface area contributed by atoms with Crippen molar-refractivity contribution in [2.24, 2.45) is 0 Å². The van der Waals surface area contributed by atoms with E-state index in [2.05, 4.69) is 10.3 Å². The minimum absolute atomic E-state index is 0.000517. The Morgan fingerprint density at radius 1 is 1.00 bits per heavy atom. The molecule has 1 aromatic heterocycles. The van der Waals surface area contributed by atoms with Gasteiger partial charge in [-0.05, 0) is 42.2 Å². The number of halogens is 3. The molecule has 36 heavy (non-hydrogen) atoms. The monoisotopic (exact) mass is 505 g/mol. The third kappa shape index (κ3) is 5.98. The Morgan fingerprint density at radius 2 is 1.69 bits per heavy atom. The van der Waals surface area contributed by atoms with Crippen molar-refractivity contribution in [2.45, 2.75) is 56.3 Å². The number of carbonyl (C=O) groups is 1. The summed E-state index contributed by atoms with van der Waals surface area (Å²) < 4.78 is 46.5. The molecule has 0 spiro atoms. The number of ether oxygens (including phenoxy) is 1. The van der Waals surface area contributed by atoms with E-state index in [-0.39, 0.29) is 30.8 Å². The number of ketones is 1. The number of hydrogen-bond donors (Lipinski definition) is 3. The van der Waals surface area contributed by atoms with Gasteiger partial charge in [0.05, 0.1) is 35.9 Å². The first-order valence-electron chi connectivity index (χ1n) is 11.5. The quantitative estimate of drug-likeness (QED) is 0.408. The van der Waals surface area contributed by atoms with Gasteiger partial charge in [0.2, 0.25) is 0 Å². The summed E-state index contributed by atoms with van der Waals surface area (Å²) in [4.78, 5) is 12.4. The summed E-state index contributed by atoms with van der Waals surface area (Å²) in [7, 11) is 0. The zero-order valence-corrected chi connectivity index (χ0v) is 19.2. The van der Waals surface area contributed by atoms with Crippen LogP contribution in [0.3, 0.4) is 0 Å². The van der Waals surface area contributed by atoms with E-state index in [1.54, 1.807) is 30.5 Å². The standard InChI is InChI=1S/C25H26F3N3O5/c26-25(27,28)20-4-2-1-3-16(20)12-19(33)11-15-5-8-18(9-6-15)31-13-17(29-30-31)7-10-21-23(34)24(35)22(14-32)36-21/h1-6,8-9,13,21-24,32,34-35H,7,10-12,14H2. The number of aromatic nitrogens is 3. The summed E-state index contributed by atoms with van der Waals surface area (Å²) >= 11 is 0. The topological polar surface area (TPSA) is 118 Å². The highest BCUT2D eigenvalue weighted by Gasteiger charge is 2.41. The van der Waals surface area contributed by atoms with Crippen molar-refractivity contribution in [3.8, 4) is 5.69 Å². The third-order valence-electron chi connectivity index (χ3n) is 6.18. The van der Waals surface area contributed by atoms with Crippen molar-refractivity contribution in [2.75, 3.05) is 6.61 Å². The Bertz CT molecular complexity index is 1180. The molecule has 0 radical (unpaired) electrons. The number of nitrogens with zero attached hydrogens (tertiary/aromatic N) is 3. The summed E-state index contributed by atoms with van der Waals surface area (Å²) in [6.07, 6.45) is -5.97. The number of aliphatic hydroxyl groups excluding tert-OH is 3. The largest absolute Gasteiger partial charge is 0.416 e. The van der Waals surface area contributed by atoms with Crippen LogP contribution in [0, 0.1) is 0 Å². The molecule has 0 aliphatic carbocycles. The molecule has 0 bridgehead atoms. The fraction of sp³-hybridized carbons (Fsp3) is 0.400. The first-order chi connectivity index (χ1) is 17.2. The second kappa shape index (κ2) is 10.9. The number of alkyl halides is 3. The van der Waals surface area contributed by atoms with Gasteiger partial charge in [0.25, 0.3) is 0 Å². The van der Waals surface area contributed by atoms with E-state index >= 15 is 0 Å². The van der Waals surface area contributed by atoms with Gasteiger partial charge in [0.15, 0.2) is 0 Å². The first kappa shape index (κ1) is 26.0. The zero-order chi connectivity index (χ0) is 25.9. The van der Waals surface area contributed by atoms with Gasteiger partial charge >= 0.3 is 6.18 Å². The Hall–Kier alpha value is -3.12. The van der Waals surface area contributed by atoms with Crippen LogP contribution in [-0.2, 0) is 35.0 Å². The van der Waals surface area contributed by atoms with Gasteiger partial charge in [-0.15, -0.1) is 5.10 Å². The number of carbonyl (C=O) groups excluding carboxylic acids is 1. The van der Waals surface area contributed by atoms with Gasteiger partial charge in [0.1, 0.15) is 24.1 Å². The SMILES string of the molecule is O=C(Cc1ccc(-n2cc(CCC3OC(CO)C(O)C3O)nn2)cc1)Cc1ccccc1C(F)(F)F. The van der Waals surface area contributed by atoms with E-state index in [1.165, 1.54) is 22.9 Å². The Kier molecular flexibility index (Phi) is 7.84. The van der Waals surface area contributed by atoms with Gasteiger partial charge in [-0.3, -0.25) is 4.79 Å². The number of aliphatic hydroxyl groups is 3. The highest BCUT2D eigenvalue weighted by Crippen LogP contribution is 2.32. The minimum atomic E-state index is -4.51. The highest BCUT2D eigenvalue weighted by molar-refractivity contribution is 5.83. The zero-order valence-electron chi connectivity index (χ0n) is 19.2. The van der Waals surface area contributed by atoms with Crippen LogP contribution < -0.4 is 0 Å². The average molecular weight is 505 g/mol. The molecule has 1 fully saturated rings. The molecule has 1 saturated heterocycles. The second-order valence-corrected chi connectivity index (χ2v) is 8.78. The molecule has 4 unspecified atom stereocenters. The van der Waals surface area contributed by atoms with E-state index < -0.39 is 36.2 Å². The summed E-state index contributed by atoms with van der Waals surface area (Å²) in [6, 6.07) is 12.0. The molecule has 3 N–H and O–H groups in total. The maximum absolute atomic E-state index is 13.2. The van der Waals surface area contributed by atoms with E-state index in [0.29, 0.717) is 29.8 Å². The van der Waals surface area contributed by atoms with E-state index in [9.17, 15) is 33.3 Å². The van der Waals surface area contributed by atoms with E-state index in [0.717, 1.165) is 6.07 Å². The highest BCUT2D eigenvalue weighted by atomic mass is 19.4. The molecular formula is C25H26F3N3O5. The van der Waals surface area contributed by atoms with Crippen LogP contribution in [0.5, 0.6) is 0 Å². The lowest BCUT2D eigenvalue weighted by molar-refractivity contribution is -0.138. The van der Waals surface area contributed by atoms with Crippen LogP contribution in [0.15, 0.2) is 54.7 Å². The smallest absolute Gasteiger partial charge is 0.394 e. The average Bonchev–Trinajstić information content (AvgIpc) is 3.42. The Labute approximate surface area is 205 Å². The molecule has 0 saturated carbocycles. The molecule has 0 amide bonds. The fourth-order valence-corrected chi connectivity index (χ4v) is 4.26. The molecule has 1 aliphatic rings. The van der Waals surface area contributed by atoms with Crippen LogP contribution >= 0.6 is 0 Å². The molecular weight excluding hydrogens is 479 g/mol. The molecule has 2 heterocycles. The van der Waals surface area contributed by atoms with Crippen molar-refractivity contribution in [1.82, 2.24) is 15.0 Å². The maximum Gasteiger partial charge on any atom is 0.416 e. The fourth-order valence-electron chi connectivity index (χ4n) is 4.26. The van der Waals surface area contributed by atoms with Crippen LogP contribution in [0.4, 0.5) is 13.2 Å². The van der Waals surface area contributed by atoms with Crippen LogP contribution in [-0.4, -0.2) is 67.1 Å². The van der Waals surface area contributed by atoms with Crippen molar-refractivity contribution in [3.63, 3.8) is 0 Å². The number of rotatable bonds is 9. The van der Waals surface area contributed by atoms with Crippen molar-refractivity contribution in [1.29, 1.82) is 0 Å². The number of benzene rings is 2. The molecule has 11 heteroatoms. The molecule has 3 aromatic rings. The van der Waals surface area contributed by atoms with Gasteiger partial charge < -0.3 is 20.1 Å². The van der Waals surface area contributed by atoms with Crippen LogP contribution in [0.1, 0.15) is 28.8 Å². The number of hydrogen-bond acceptors (Lipinski definition) is 7. The van der Waals surface area contributed by atoms with Gasteiger partial charge in [0, 0.05) is 12.8 Å². The molecule has 192 valence electrons. The molecule has 4 rings (SSSR count). The first-order valence-corrected chi connectivity index (χ1v) is 11.5. The number of Topliss-reactive ketones (excluding diaryl/α,β-unsaturated/α-hetero) is 1. The summed E-state index contributed by atoms with van der Waals surface area (Å²) in [5.74, 6) is -0.327. The predicted molar refractivity (Wildman–Crippen MR) is 121 cm³/mol. The predicted octanol–water partition coefficient (Wildman–Crippen LogP) is 2.05. The molecule has 4 atom stereocenters. The lowest BCUT2D eigenvalue weighted by atomic mass is 9.98. The van der Waals surface area contributed by atoms with E-state index in [4.69, 9.17) is 4.74 Å². The van der Waals surface area contributed by atoms with Crippen LogP contribution in [0.2, 0.25) is 0 Å². The lowest BCUT2D eigenvalue weighted by Gasteiger charge is -2.13. The second-order valence-electron chi connectivity index (χ2n) is 8.78. The maximum atomic E-state index is 13.2. The summed E-state index contributed by atoms with van der Waals surface area (Å²) in [6.45, 7) is -0.382. The van der Waals surface area contributed by atoms with Crippen molar-refractivity contribution in [3.05, 3.63) is 77.1 Å². The van der Waals surface area contributed by atoms with Gasteiger partial charge in [-0.25, -0.2) is 4.68 Å². The minimum Gasteiger partial charge on any atom is -0.394 e. The molecule has 1 aliphatic heterocycles. The van der Waals surface area contributed by atoms with Crippen LogP contribution in [0.25, 0.3) is 5.69 Å². The Morgan fingerprint density at radius 3 is 2.36 bits per heavy atom. The summed E-state index contributed by atoms with van der Waals surface area (Å²) in [5.41, 5.74) is 1.14. The lowest BCUT2D eigenvalue weighted by Crippen LogP contribution is -2.33. The van der Waals surface area contributed by atoms with Gasteiger partial charge in [-0.2, -0.15) is 13.2 Å². The summed E-state index contributed by atoms with van der Waals surface area (Å²) in [5, 5.41) is 37.2. The molecule has 8 nitrogen and oxygen atoms in total. The van der Waals surface area contributed by atoms with Crippen molar-refractivity contribution >= 4 is 5.78 Å². The third-order valence-corrected chi connectivity index (χ3v) is 6.18. The normalized spacial score (nSPS) is 22.2.